The van der Waals surface area contributed by atoms with E-state index < -0.39 is 0 Å². The highest BCUT2D eigenvalue weighted by Crippen LogP contribution is 2.27. The summed E-state index contributed by atoms with van der Waals surface area (Å²) in [4.78, 5) is 21.4. The quantitative estimate of drug-likeness (QED) is 0.316. The molecule has 0 bridgehead atoms. The second kappa shape index (κ2) is 11.1. The third-order valence-electron chi connectivity index (χ3n) is 6.03. The first-order chi connectivity index (χ1) is 17.5. The van der Waals surface area contributed by atoms with E-state index in [9.17, 15) is 9.18 Å². The molecule has 0 atom stereocenters. The third kappa shape index (κ3) is 6.01. The molecule has 6 nitrogen and oxygen atoms in total. The van der Waals surface area contributed by atoms with Gasteiger partial charge in [0.25, 0.3) is 5.19 Å². The van der Waals surface area contributed by atoms with Crippen LogP contribution in [0.2, 0.25) is 5.02 Å². The average Bonchev–Trinajstić information content (AvgIpc) is 3.33. The fourth-order valence-corrected chi connectivity index (χ4v) is 4.93. The van der Waals surface area contributed by atoms with Crippen LogP contribution in [0.4, 0.5) is 10.1 Å². The molecule has 1 aliphatic rings. The Kier molecular flexibility index (Phi) is 7.44. The lowest BCUT2D eigenvalue weighted by Gasteiger charge is -2.36. The Bertz CT molecular complexity index is 1320. The summed E-state index contributed by atoms with van der Waals surface area (Å²) in [5, 5.41) is 1.17. The predicted octanol–water partition coefficient (Wildman–Crippen LogP) is 5.61. The number of aromatic nitrogens is 2. The van der Waals surface area contributed by atoms with Crippen molar-refractivity contribution in [3.63, 3.8) is 0 Å². The van der Waals surface area contributed by atoms with E-state index in [4.69, 9.17) is 16.3 Å². The van der Waals surface area contributed by atoms with Crippen LogP contribution >= 0.6 is 23.1 Å². The molecule has 0 aliphatic carbocycles. The zero-order chi connectivity index (χ0) is 24.9. The van der Waals surface area contributed by atoms with Gasteiger partial charge in [0.1, 0.15) is 11.6 Å². The molecule has 1 fully saturated rings. The number of carbonyl (C=O) groups excluding carboxylic acids is 1. The first-order valence-electron chi connectivity index (χ1n) is 11.6. The van der Waals surface area contributed by atoms with Gasteiger partial charge in [-0.25, -0.2) is 4.39 Å². The van der Waals surface area contributed by atoms with Crippen LogP contribution in [0, 0.1) is 5.82 Å². The van der Waals surface area contributed by atoms with E-state index in [-0.39, 0.29) is 11.7 Å². The highest BCUT2D eigenvalue weighted by Gasteiger charge is 2.22. The Balaban J connectivity index is 1.11. The van der Waals surface area contributed by atoms with Crippen LogP contribution in [-0.4, -0.2) is 46.3 Å². The van der Waals surface area contributed by atoms with E-state index in [0.29, 0.717) is 42.7 Å². The summed E-state index contributed by atoms with van der Waals surface area (Å²) in [6.45, 7) is 2.85. The number of benzene rings is 3. The molecule has 2 heterocycles. The third-order valence-corrected chi connectivity index (χ3v) is 6.99. The van der Waals surface area contributed by atoms with Gasteiger partial charge < -0.3 is 14.5 Å². The van der Waals surface area contributed by atoms with Gasteiger partial charge in [-0.3, -0.25) is 4.79 Å². The molecule has 0 unspecified atom stereocenters. The number of halogens is 2. The summed E-state index contributed by atoms with van der Waals surface area (Å²) < 4.78 is 23.2. The lowest BCUT2D eigenvalue weighted by molar-refractivity contribution is -0.130. The number of para-hydroxylation sites is 1. The minimum Gasteiger partial charge on any atom is -0.430 e. The number of carbonyl (C=O) groups is 1. The van der Waals surface area contributed by atoms with E-state index in [0.717, 1.165) is 34.9 Å². The van der Waals surface area contributed by atoms with Gasteiger partial charge in [0, 0.05) is 44.1 Å². The molecule has 0 spiro atoms. The topological polar surface area (TPSA) is 58.6 Å². The van der Waals surface area contributed by atoms with Crippen molar-refractivity contribution in [3.05, 3.63) is 101 Å². The second-order valence-electron chi connectivity index (χ2n) is 8.52. The predicted molar refractivity (Wildman–Crippen MR) is 140 cm³/mol. The molecule has 0 N–H and O–H groups in total. The maximum atomic E-state index is 13.1. The standard InChI is InChI=1S/C27H24ClFN4O2S/c28-23-3-1-2-4-24(23)32-13-15-33(16-14-32)26(34)18-20-7-11-22(12-8-20)35-27-30-25(31-36-27)17-19-5-9-21(29)10-6-19/h1-12H,13-18H2. The summed E-state index contributed by atoms with van der Waals surface area (Å²) in [7, 11) is 0. The zero-order valence-electron chi connectivity index (χ0n) is 19.4. The van der Waals surface area contributed by atoms with Gasteiger partial charge in [-0.2, -0.15) is 9.36 Å². The molecule has 3 aromatic carbocycles. The van der Waals surface area contributed by atoms with Crippen LogP contribution < -0.4 is 9.64 Å². The van der Waals surface area contributed by atoms with Crippen molar-refractivity contribution in [1.29, 1.82) is 0 Å². The smallest absolute Gasteiger partial charge is 0.298 e. The molecule has 184 valence electrons. The van der Waals surface area contributed by atoms with Crippen molar-refractivity contribution in [3.8, 4) is 10.9 Å². The van der Waals surface area contributed by atoms with E-state index in [1.807, 2.05) is 53.4 Å². The van der Waals surface area contributed by atoms with Gasteiger partial charge in [0.15, 0.2) is 5.82 Å². The van der Waals surface area contributed by atoms with Crippen molar-refractivity contribution in [2.24, 2.45) is 0 Å². The first kappa shape index (κ1) is 24.2. The Morgan fingerprint density at radius 1 is 0.944 bits per heavy atom. The van der Waals surface area contributed by atoms with E-state index >= 15 is 0 Å². The number of piperazine rings is 1. The molecule has 1 aromatic heterocycles. The maximum absolute atomic E-state index is 13.1. The van der Waals surface area contributed by atoms with Gasteiger partial charge >= 0.3 is 0 Å². The summed E-state index contributed by atoms with van der Waals surface area (Å²) in [6, 6.07) is 21.5. The van der Waals surface area contributed by atoms with Gasteiger partial charge in [-0.1, -0.05) is 48.0 Å². The molecule has 1 saturated heterocycles. The average molecular weight is 523 g/mol. The van der Waals surface area contributed by atoms with E-state index in [1.54, 1.807) is 12.1 Å². The van der Waals surface area contributed by atoms with Crippen LogP contribution in [0.25, 0.3) is 0 Å². The molecule has 9 heteroatoms. The summed E-state index contributed by atoms with van der Waals surface area (Å²) >= 11 is 7.49. The van der Waals surface area contributed by atoms with Crippen LogP contribution in [-0.2, 0) is 17.6 Å². The van der Waals surface area contributed by atoms with Gasteiger partial charge in [0.05, 0.1) is 17.1 Å². The molecular weight excluding hydrogens is 499 g/mol. The summed E-state index contributed by atoms with van der Waals surface area (Å²) in [5.41, 5.74) is 2.87. The molecule has 4 aromatic rings. The molecule has 1 aliphatic heterocycles. The van der Waals surface area contributed by atoms with Crippen LogP contribution in [0.1, 0.15) is 17.0 Å². The molecule has 5 rings (SSSR count). The van der Waals surface area contributed by atoms with Crippen LogP contribution in [0.5, 0.6) is 10.9 Å². The van der Waals surface area contributed by atoms with Gasteiger partial charge in [-0.05, 0) is 47.5 Å². The number of hydrogen-bond donors (Lipinski definition) is 0. The van der Waals surface area contributed by atoms with Gasteiger partial charge in [0.2, 0.25) is 5.91 Å². The minimum atomic E-state index is -0.268. The largest absolute Gasteiger partial charge is 0.430 e. The monoisotopic (exact) mass is 522 g/mol. The second-order valence-corrected chi connectivity index (χ2v) is 9.64. The Morgan fingerprint density at radius 3 is 2.36 bits per heavy atom. The minimum absolute atomic E-state index is 0.108. The van der Waals surface area contributed by atoms with E-state index in [1.165, 1.54) is 23.7 Å². The number of anilines is 1. The number of nitrogens with zero attached hydrogens (tertiary/aromatic N) is 4. The van der Waals surface area contributed by atoms with Gasteiger partial charge in [-0.15, -0.1) is 0 Å². The number of ether oxygens (including phenoxy) is 1. The molecule has 1 amide bonds. The Labute approximate surface area is 218 Å². The summed E-state index contributed by atoms with van der Waals surface area (Å²) in [5.74, 6) is 1.09. The molecular formula is C27H24ClFN4O2S. The SMILES string of the molecule is O=C(Cc1ccc(Oc2nc(Cc3ccc(F)cc3)ns2)cc1)N1CCN(c2ccccc2Cl)CC1. The van der Waals surface area contributed by atoms with Crippen molar-refractivity contribution in [2.75, 3.05) is 31.1 Å². The molecule has 0 radical (unpaired) electrons. The van der Waals surface area contributed by atoms with E-state index in [2.05, 4.69) is 14.3 Å². The van der Waals surface area contributed by atoms with Crippen LogP contribution in [0.15, 0.2) is 72.8 Å². The first-order valence-corrected chi connectivity index (χ1v) is 12.8. The lowest BCUT2D eigenvalue weighted by atomic mass is 10.1. The Morgan fingerprint density at radius 2 is 1.64 bits per heavy atom. The highest BCUT2D eigenvalue weighted by molar-refractivity contribution is 7.07. The maximum Gasteiger partial charge on any atom is 0.298 e. The van der Waals surface area contributed by atoms with Crippen molar-refractivity contribution in [1.82, 2.24) is 14.3 Å². The highest BCUT2D eigenvalue weighted by atomic mass is 35.5. The fraction of sp³-hybridized carbons (Fsp3) is 0.222. The Hall–Kier alpha value is -3.49. The summed E-state index contributed by atoms with van der Waals surface area (Å²) in [6.07, 6.45) is 0.848. The fourth-order valence-electron chi connectivity index (χ4n) is 4.10. The number of hydrogen-bond acceptors (Lipinski definition) is 6. The normalized spacial score (nSPS) is 13.6. The van der Waals surface area contributed by atoms with Crippen molar-refractivity contribution < 1.29 is 13.9 Å². The molecule has 36 heavy (non-hydrogen) atoms. The number of rotatable bonds is 7. The van der Waals surface area contributed by atoms with Crippen LogP contribution in [0.3, 0.4) is 0 Å². The zero-order valence-corrected chi connectivity index (χ0v) is 21.0. The van der Waals surface area contributed by atoms with Crippen molar-refractivity contribution in [2.45, 2.75) is 12.8 Å². The molecule has 0 saturated carbocycles. The number of amides is 1. The van der Waals surface area contributed by atoms with Crippen molar-refractivity contribution >= 4 is 34.7 Å². The lowest BCUT2D eigenvalue weighted by Crippen LogP contribution is -2.49.